The van der Waals surface area contributed by atoms with E-state index >= 15 is 0 Å². The summed E-state index contributed by atoms with van der Waals surface area (Å²) in [5.74, 6) is 2.34. The fourth-order valence-corrected chi connectivity index (χ4v) is 3.73. The summed E-state index contributed by atoms with van der Waals surface area (Å²) in [5, 5.41) is 9.61. The summed E-state index contributed by atoms with van der Waals surface area (Å²) in [5.41, 5.74) is 1.36. The summed E-state index contributed by atoms with van der Waals surface area (Å²) in [4.78, 5) is 0. The average molecular weight is 236 g/mol. The number of aliphatic hydroxyl groups excluding tert-OH is 1. The minimum Gasteiger partial charge on any atom is -0.392 e. The maximum Gasteiger partial charge on any atom is 0.0644 e. The molecule has 2 unspecified atom stereocenters. The van der Waals surface area contributed by atoms with Crippen LogP contribution in [0.3, 0.4) is 0 Å². The van der Waals surface area contributed by atoms with Gasteiger partial charge in [0.25, 0.3) is 0 Å². The van der Waals surface area contributed by atoms with Crippen LogP contribution in [0.15, 0.2) is 11.6 Å². The summed E-state index contributed by atoms with van der Waals surface area (Å²) < 4.78 is 0. The van der Waals surface area contributed by atoms with Gasteiger partial charge in [-0.05, 0) is 49.0 Å². The highest BCUT2D eigenvalue weighted by molar-refractivity contribution is 5.10. The van der Waals surface area contributed by atoms with Crippen LogP contribution < -0.4 is 0 Å². The van der Waals surface area contributed by atoms with Crippen molar-refractivity contribution >= 4 is 0 Å². The molecule has 2 saturated carbocycles. The van der Waals surface area contributed by atoms with Crippen LogP contribution >= 0.6 is 0 Å². The van der Waals surface area contributed by atoms with Gasteiger partial charge >= 0.3 is 0 Å². The molecule has 0 amide bonds. The van der Waals surface area contributed by atoms with Gasteiger partial charge in [-0.1, -0.05) is 45.1 Å². The van der Waals surface area contributed by atoms with Crippen molar-refractivity contribution in [1.82, 2.24) is 0 Å². The molecule has 1 N–H and O–H groups in total. The minimum absolute atomic E-state index is 0.301. The molecule has 0 aromatic rings. The highest BCUT2D eigenvalue weighted by atomic mass is 16.3. The highest BCUT2D eigenvalue weighted by Crippen LogP contribution is 2.34. The van der Waals surface area contributed by atoms with E-state index in [2.05, 4.69) is 13.0 Å². The van der Waals surface area contributed by atoms with Gasteiger partial charge < -0.3 is 5.11 Å². The van der Waals surface area contributed by atoms with Gasteiger partial charge in [0, 0.05) is 0 Å². The van der Waals surface area contributed by atoms with E-state index in [4.69, 9.17) is 0 Å². The van der Waals surface area contributed by atoms with Crippen molar-refractivity contribution in [3.8, 4) is 0 Å². The van der Waals surface area contributed by atoms with Gasteiger partial charge in [-0.3, -0.25) is 0 Å². The summed E-state index contributed by atoms with van der Waals surface area (Å²) >= 11 is 0. The summed E-state index contributed by atoms with van der Waals surface area (Å²) in [6.45, 7) is 2.68. The molecular formula is C16H28O. The molecule has 1 heteroatoms. The molecule has 2 aliphatic rings. The number of rotatable bonds is 3. The molecular weight excluding hydrogens is 208 g/mol. The van der Waals surface area contributed by atoms with Crippen LogP contribution in [0.4, 0.5) is 0 Å². The molecule has 2 aliphatic carbocycles. The molecule has 2 fully saturated rings. The lowest BCUT2D eigenvalue weighted by Gasteiger charge is -2.28. The SMILES string of the molecule is CC1CCCC(/C=C(/CO)C2CCCCC2)C1. The number of hydrogen-bond acceptors (Lipinski definition) is 1. The zero-order valence-electron chi connectivity index (χ0n) is 11.3. The molecule has 0 aliphatic heterocycles. The Balaban J connectivity index is 1.95. The fraction of sp³-hybridized carbons (Fsp3) is 0.875. The molecule has 0 saturated heterocycles. The first kappa shape index (κ1) is 13.1. The van der Waals surface area contributed by atoms with Crippen LogP contribution in [0, 0.1) is 17.8 Å². The van der Waals surface area contributed by atoms with Gasteiger partial charge in [-0.15, -0.1) is 0 Å². The monoisotopic (exact) mass is 236 g/mol. The summed E-state index contributed by atoms with van der Waals surface area (Å²) in [6.07, 6.45) is 14.7. The van der Waals surface area contributed by atoms with Crippen molar-refractivity contribution in [1.29, 1.82) is 0 Å². The second-order valence-electron chi connectivity index (χ2n) is 6.27. The van der Waals surface area contributed by atoms with Gasteiger partial charge in [0.1, 0.15) is 0 Å². The number of allylic oxidation sites excluding steroid dienone is 1. The molecule has 0 radical (unpaired) electrons. The second kappa shape index (κ2) is 6.58. The quantitative estimate of drug-likeness (QED) is 0.724. The lowest BCUT2D eigenvalue weighted by molar-refractivity contribution is 0.282. The first-order valence-corrected chi connectivity index (χ1v) is 7.61. The van der Waals surface area contributed by atoms with E-state index in [1.54, 1.807) is 0 Å². The molecule has 2 atom stereocenters. The third-order valence-electron chi connectivity index (χ3n) is 4.74. The van der Waals surface area contributed by atoms with E-state index < -0.39 is 0 Å². The third-order valence-corrected chi connectivity index (χ3v) is 4.74. The van der Waals surface area contributed by atoms with Crippen molar-refractivity contribution in [2.24, 2.45) is 17.8 Å². The van der Waals surface area contributed by atoms with Gasteiger partial charge in [0.05, 0.1) is 6.61 Å². The second-order valence-corrected chi connectivity index (χ2v) is 6.27. The third kappa shape index (κ3) is 3.84. The van der Waals surface area contributed by atoms with Crippen LogP contribution in [0.25, 0.3) is 0 Å². The predicted molar refractivity (Wildman–Crippen MR) is 72.9 cm³/mol. The molecule has 17 heavy (non-hydrogen) atoms. The Hall–Kier alpha value is -0.300. The Labute approximate surface area is 106 Å². The molecule has 0 spiro atoms. The van der Waals surface area contributed by atoms with Crippen LogP contribution in [-0.4, -0.2) is 11.7 Å². The Bertz CT molecular complexity index is 250. The largest absolute Gasteiger partial charge is 0.392 e. The van der Waals surface area contributed by atoms with E-state index in [1.807, 2.05) is 0 Å². The van der Waals surface area contributed by atoms with Crippen molar-refractivity contribution < 1.29 is 5.11 Å². The Morgan fingerprint density at radius 1 is 1.06 bits per heavy atom. The Morgan fingerprint density at radius 2 is 1.82 bits per heavy atom. The van der Waals surface area contributed by atoms with Gasteiger partial charge in [-0.25, -0.2) is 0 Å². The molecule has 0 aromatic heterocycles. The van der Waals surface area contributed by atoms with Crippen LogP contribution in [0.5, 0.6) is 0 Å². The van der Waals surface area contributed by atoms with E-state index in [0.29, 0.717) is 12.5 Å². The van der Waals surface area contributed by atoms with Crippen LogP contribution in [-0.2, 0) is 0 Å². The lowest BCUT2D eigenvalue weighted by Crippen LogP contribution is -2.16. The number of aliphatic hydroxyl groups is 1. The van der Waals surface area contributed by atoms with Crippen molar-refractivity contribution in [3.05, 3.63) is 11.6 Å². The normalized spacial score (nSPS) is 32.7. The molecule has 0 aromatic carbocycles. The van der Waals surface area contributed by atoms with Gasteiger partial charge in [0.15, 0.2) is 0 Å². The molecule has 98 valence electrons. The maximum atomic E-state index is 9.61. The van der Waals surface area contributed by atoms with Crippen LogP contribution in [0.2, 0.25) is 0 Å². The highest BCUT2D eigenvalue weighted by Gasteiger charge is 2.21. The summed E-state index contributed by atoms with van der Waals surface area (Å²) in [6, 6.07) is 0. The smallest absolute Gasteiger partial charge is 0.0644 e. The van der Waals surface area contributed by atoms with Crippen molar-refractivity contribution in [2.75, 3.05) is 6.61 Å². The standard InChI is InChI=1S/C16H28O/c1-13-6-5-7-14(10-13)11-16(12-17)15-8-3-2-4-9-15/h11,13-15,17H,2-10,12H2,1H3/b16-11-. The first-order chi connectivity index (χ1) is 8.29. The van der Waals surface area contributed by atoms with Crippen LogP contribution in [0.1, 0.15) is 64.7 Å². The topological polar surface area (TPSA) is 20.2 Å². The zero-order valence-corrected chi connectivity index (χ0v) is 11.3. The van der Waals surface area contributed by atoms with E-state index in [1.165, 1.54) is 63.4 Å². The van der Waals surface area contributed by atoms with E-state index in [9.17, 15) is 5.11 Å². The molecule has 2 rings (SSSR count). The van der Waals surface area contributed by atoms with Gasteiger partial charge in [-0.2, -0.15) is 0 Å². The predicted octanol–water partition coefficient (Wildman–Crippen LogP) is 4.31. The lowest BCUT2D eigenvalue weighted by atomic mass is 9.78. The average Bonchev–Trinajstić information content (AvgIpc) is 2.37. The van der Waals surface area contributed by atoms with E-state index in [-0.39, 0.29) is 0 Å². The van der Waals surface area contributed by atoms with E-state index in [0.717, 1.165) is 11.8 Å². The Kier molecular flexibility index (Phi) is 5.09. The zero-order chi connectivity index (χ0) is 12.1. The Morgan fingerprint density at radius 3 is 2.47 bits per heavy atom. The fourth-order valence-electron chi connectivity index (χ4n) is 3.73. The molecule has 0 bridgehead atoms. The van der Waals surface area contributed by atoms with Crippen molar-refractivity contribution in [3.63, 3.8) is 0 Å². The molecule has 0 heterocycles. The summed E-state index contributed by atoms with van der Waals surface area (Å²) in [7, 11) is 0. The maximum absolute atomic E-state index is 9.61. The minimum atomic E-state index is 0.301. The molecule has 1 nitrogen and oxygen atoms in total. The van der Waals surface area contributed by atoms with Gasteiger partial charge in [0.2, 0.25) is 0 Å². The number of hydrogen-bond donors (Lipinski definition) is 1. The first-order valence-electron chi connectivity index (χ1n) is 7.61. The van der Waals surface area contributed by atoms with Crippen molar-refractivity contribution in [2.45, 2.75) is 64.7 Å².